The molecule has 7 nitrogen and oxygen atoms in total. The number of thiazole rings is 1. The van der Waals surface area contributed by atoms with Crippen molar-refractivity contribution in [3.05, 3.63) is 40.6 Å². The summed E-state index contributed by atoms with van der Waals surface area (Å²) in [4.78, 5) is 25.5. The van der Waals surface area contributed by atoms with Crippen LogP contribution in [0.1, 0.15) is 21.1 Å². The molecule has 4 heterocycles. The fourth-order valence-corrected chi connectivity index (χ4v) is 5.56. The monoisotopic (exact) mass is 428 g/mol. The number of ether oxygens (including phenoxy) is 1. The summed E-state index contributed by atoms with van der Waals surface area (Å²) in [5, 5.41) is 4.02. The first-order valence-electron chi connectivity index (χ1n) is 9.53. The van der Waals surface area contributed by atoms with Gasteiger partial charge in [0.2, 0.25) is 0 Å². The number of nitrogens with one attached hydrogen (secondary N) is 1. The molecule has 0 spiro atoms. The van der Waals surface area contributed by atoms with Crippen LogP contribution in [-0.4, -0.2) is 48.7 Å². The van der Waals surface area contributed by atoms with Crippen molar-refractivity contribution in [2.75, 3.05) is 37.7 Å². The highest BCUT2D eigenvalue weighted by Crippen LogP contribution is 2.34. The van der Waals surface area contributed by atoms with E-state index in [0.29, 0.717) is 17.3 Å². The molecule has 150 valence electrons. The summed E-state index contributed by atoms with van der Waals surface area (Å²) >= 11 is 3.09. The number of morpholine rings is 1. The second kappa shape index (κ2) is 7.74. The molecule has 5 rings (SSSR count). The van der Waals surface area contributed by atoms with Crippen LogP contribution in [0.3, 0.4) is 0 Å². The normalized spacial score (nSPS) is 14.7. The topological polar surface area (TPSA) is 80.5 Å². The fourth-order valence-electron chi connectivity index (χ4n) is 3.38. The van der Waals surface area contributed by atoms with Crippen molar-refractivity contribution in [1.29, 1.82) is 0 Å². The van der Waals surface area contributed by atoms with E-state index in [-0.39, 0.29) is 5.91 Å². The number of carbonyl (C=O) groups excluding carboxylic acids is 1. The second-order valence-electron chi connectivity index (χ2n) is 6.92. The third-order valence-electron chi connectivity index (χ3n) is 4.84. The summed E-state index contributed by atoms with van der Waals surface area (Å²) in [7, 11) is 0. The van der Waals surface area contributed by atoms with Gasteiger partial charge in [-0.05, 0) is 30.2 Å². The van der Waals surface area contributed by atoms with Crippen LogP contribution in [0.15, 0.2) is 28.7 Å². The Hall–Kier alpha value is -2.49. The second-order valence-corrected chi connectivity index (χ2v) is 8.96. The maximum absolute atomic E-state index is 12.5. The molecule has 1 aliphatic rings. The number of anilines is 1. The van der Waals surface area contributed by atoms with Crippen LogP contribution in [0.4, 0.5) is 5.13 Å². The maximum atomic E-state index is 12.5. The number of rotatable bonds is 5. The Labute approximate surface area is 175 Å². The number of aryl methyl sites for hydroxylation is 1. The molecule has 1 aliphatic heterocycles. The van der Waals surface area contributed by atoms with Gasteiger partial charge < -0.3 is 19.4 Å². The van der Waals surface area contributed by atoms with Gasteiger partial charge in [0.05, 0.1) is 22.8 Å². The first kappa shape index (κ1) is 18.5. The van der Waals surface area contributed by atoms with Gasteiger partial charge in [-0.2, -0.15) is 0 Å². The number of amides is 1. The van der Waals surface area contributed by atoms with Crippen molar-refractivity contribution >= 4 is 54.3 Å². The molecular weight excluding hydrogens is 408 g/mol. The van der Waals surface area contributed by atoms with Crippen molar-refractivity contribution in [1.82, 2.24) is 15.3 Å². The number of thiophene rings is 1. The van der Waals surface area contributed by atoms with Crippen LogP contribution in [0.5, 0.6) is 0 Å². The van der Waals surface area contributed by atoms with E-state index in [1.807, 2.05) is 31.2 Å². The van der Waals surface area contributed by atoms with E-state index in [2.05, 4.69) is 15.2 Å². The SMILES string of the molecule is Cc1nc2cc(CCNC(=O)c3cc4sc(N5CCOCC5)nc4s3)ccc2o1. The van der Waals surface area contributed by atoms with E-state index >= 15 is 0 Å². The third-order valence-corrected chi connectivity index (χ3v) is 7.06. The highest BCUT2D eigenvalue weighted by atomic mass is 32.1. The summed E-state index contributed by atoms with van der Waals surface area (Å²) < 4.78 is 12.0. The zero-order chi connectivity index (χ0) is 19.8. The molecule has 1 amide bonds. The van der Waals surface area contributed by atoms with E-state index in [9.17, 15) is 4.79 Å². The Balaban J connectivity index is 1.20. The molecule has 1 fully saturated rings. The van der Waals surface area contributed by atoms with Crippen LogP contribution < -0.4 is 10.2 Å². The summed E-state index contributed by atoms with van der Waals surface area (Å²) in [5.41, 5.74) is 2.76. The van der Waals surface area contributed by atoms with E-state index in [1.54, 1.807) is 11.3 Å². The lowest BCUT2D eigenvalue weighted by molar-refractivity contribution is 0.0958. The number of hydrogen-bond acceptors (Lipinski definition) is 8. The highest BCUT2D eigenvalue weighted by molar-refractivity contribution is 7.29. The van der Waals surface area contributed by atoms with Crippen LogP contribution in [-0.2, 0) is 11.2 Å². The van der Waals surface area contributed by atoms with Gasteiger partial charge in [-0.3, -0.25) is 4.79 Å². The average Bonchev–Trinajstić information content (AvgIpc) is 3.40. The van der Waals surface area contributed by atoms with Crippen molar-refractivity contribution in [3.8, 4) is 0 Å². The minimum absolute atomic E-state index is 0.0496. The van der Waals surface area contributed by atoms with E-state index in [4.69, 9.17) is 14.1 Å². The Bertz CT molecular complexity index is 1140. The molecule has 4 aromatic rings. The largest absolute Gasteiger partial charge is 0.441 e. The van der Waals surface area contributed by atoms with Gasteiger partial charge in [0, 0.05) is 26.6 Å². The Morgan fingerprint density at radius 3 is 2.90 bits per heavy atom. The van der Waals surface area contributed by atoms with Crippen LogP contribution >= 0.6 is 22.7 Å². The maximum Gasteiger partial charge on any atom is 0.261 e. The number of carbonyl (C=O) groups is 1. The summed E-state index contributed by atoms with van der Waals surface area (Å²) in [5.74, 6) is 0.611. The first-order valence-corrected chi connectivity index (χ1v) is 11.2. The minimum atomic E-state index is -0.0496. The van der Waals surface area contributed by atoms with Crippen LogP contribution in [0.25, 0.3) is 20.6 Å². The van der Waals surface area contributed by atoms with Gasteiger partial charge >= 0.3 is 0 Å². The van der Waals surface area contributed by atoms with Crippen LogP contribution in [0.2, 0.25) is 0 Å². The van der Waals surface area contributed by atoms with E-state index in [1.165, 1.54) is 11.3 Å². The summed E-state index contributed by atoms with van der Waals surface area (Å²) in [6.07, 6.45) is 0.743. The van der Waals surface area contributed by atoms with Crippen molar-refractivity contribution < 1.29 is 13.9 Å². The number of oxazole rings is 1. The zero-order valence-corrected chi connectivity index (χ0v) is 17.6. The predicted octanol–water partition coefficient (Wildman–Crippen LogP) is 3.62. The lowest BCUT2D eigenvalue weighted by atomic mass is 10.1. The molecule has 1 saturated heterocycles. The van der Waals surface area contributed by atoms with E-state index < -0.39 is 0 Å². The lowest BCUT2D eigenvalue weighted by Crippen LogP contribution is -2.36. The quantitative estimate of drug-likeness (QED) is 0.523. The number of fused-ring (bicyclic) bond motifs is 2. The Morgan fingerprint density at radius 2 is 2.07 bits per heavy atom. The highest BCUT2D eigenvalue weighted by Gasteiger charge is 2.18. The number of aromatic nitrogens is 2. The van der Waals surface area contributed by atoms with Gasteiger partial charge in [-0.15, -0.1) is 11.3 Å². The minimum Gasteiger partial charge on any atom is -0.441 e. The molecular formula is C20H20N4O3S2. The fraction of sp³-hybridized carbons (Fsp3) is 0.350. The first-order chi connectivity index (χ1) is 14.2. The summed E-state index contributed by atoms with van der Waals surface area (Å²) in [6, 6.07) is 7.90. The Morgan fingerprint density at radius 1 is 1.21 bits per heavy atom. The van der Waals surface area contributed by atoms with Gasteiger partial charge in [-0.25, -0.2) is 9.97 Å². The smallest absolute Gasteiger partial charge is 0.261 e. The molecule has 0 saturated carbocycles. The number of nitrogens with zero attached hydrogens (tertiary/aromatic N) is 3. The molecule has 1 N–H and O–H groups in total. The molecule has 0 atom stereocenters. The molecule has 1 aromatic carbocycles. The van der Waals surface area contributed by atoms with Gasteiger partial charge in [0.15, 0.2) is 16.6 Å². The predicted molar refractivity (Wildman–Crippen MR) is 115 cm³/mol. The molecule has 0 radical (unpaired) electrons. The number of benzene rings is 1. The number of hydrogen-bond donors (Lipinski definition) is 1. The van der Waals surface area contributed by atoms with Crippen molar-refractivity contribution in [2.24, 2.45) is 0 Å². The van der Waals surface area contributed by atoms with E-state index in [0.717, 1.165) is 64.0 Å². The lowest BCUT2D eigenvalue weighted by Gasteiger charge is -2.25. The average molecular weight is 429 g/mol. The van der Waals surface area contributed by atoms with Crippen molar-refractivity contribution in [2.45, 2.75) is 13.3 Å². The molecule has 0 unspecified atom stereocenters. The molecule has 0 bridgehead atoms. The van der Waals surface area contributed by atoms with Gasteiger partial charge in [0.25, 0.3) is 5.91 Å². The summed E-state index contributed by atoms with van der Waals surface area (Å²) in [6.45, 7) is 5.62. The van der Waals surface area contributed by atoms with Gasteiger partial charge in [-0.1, -0.05) is 17.4 Å². The molecule has 29 heavy (non-hydrogen) atoms. The molecule has 9 heteroatoms. The molecule has 3 aromatic heterocycles. The molecule has 0 aliphatic carbocycles. The zero-order valence-electron chi connectivity index (χ0n) is 15.9. The van der Waals surface area contributed by atoms with Gasteiger partial charge in [0.1, 0.15) is 10.3 Å². The van der Waals surface area contributed by atoms with Crippen molar-refractivity contribution in [3.63, 3.8) is 0 Å². The van der Waals surface area contributed by atoms with Crippen LogP contribution in [0, 0.1) is 6.92 Å². The Kier molecular flexibility index (Phi) is 4.94. The third kappa shape index (κ3) is 3.85. The standard InChI is InChI=1S/C20H20N4O3S2/c1-12-22-14-10-13(2-3-15(14)27-12)4-5-21-18(25)16-11-17-19(28-16)23-20(29-17)24-6-8-26-9-7-24/h2-3,10-11H,4-9H2,1H3,(H,21,25).